The maximum absolute atomic E-state index is 12.1. The fourth-order valence-electron chi connectivity index (χ4n) is 2.19. The van der Waals surface area contributed by atoms with Gasteiger partial charge in [-0.15, -0.1) is 21.5 Å². The van der Waals surface area contributed by atoms with Gasteiger partial charge < -0.3 is 9.88 Å². The minimum absolute atomic E-state index is 0.145. The fourth-order valence-corrected chi connectivity index (χ4v) is 3.63. The van der Waals surface area contributed by atoms with E-state index < -0.39 is 0 Å². The summed E-state index contributed by atoms with van der Waals surface area (Å²) < 4.78 is 1.95. The number of aryl methyl sites for hydroxylation is 2. The number of aromatic nitrogens is 3. The Kier molecular flexibility index (Phi) is 5.82. The molecular formula is C17H15N5OS2. The molecule has 0 atom stereocenters. The van der Waals surface area contributed by atoms with Crippen LogP contribution in [0, 0.1) is 11.3 Å². The van der Waals surface area contributed by atoms with Gasteiger partial charge in [-0.2, -0.15) is 5.26 Å². The standard InChI is InChI=1S/C17H15N5OS2/c18-10-13-3-1-4-14(9-13)20-16(23)11-25-17-21-19-12-22(17)7-6-15-5-2-8-24-15/h1-5,8-9,12H,6-7,11H2,(H,20,23). The van der Waals surface area contributed by atoms with E-state index in [9.17, 15) is 4.79 Å². The van der Waals surface area contributed by atoms with E-state index in [4.69, 9.17) is 5.26 Å². The largest absolute Gasteiger partial charge is 0.325 e. The van der Waals surface area contributed by atoms with Crippen molar-refractivity contribution >= 4 is 34.7 Å². The number of hydrogen-bond acceptors (Lipinski definition) is 6. The van der Waals surface area contributed by atoms with Crippen LogP contribution in [0.2, 0.25) is 0 Å². The van der Waals surface area contributed by atoms with Gasteiger partial charge in [0.1, 0.15) is 6.33 Å². The first-order chi connectivity index (χ1) is 12.2. The first-order valence-corrected chi connectivity index (χ1v) is 9.44. The number of thioether (sulfide) groups is 1. The van der Waals surface area contributed by atoms with Crippen LogP contribution in [-0.2, 0) is 17.8 Å². The van der Waals surface area contributed by atoms with E-state index >= 15 is 0 Å². The van der Waals surface area contributed by atoms with Gasteiger partial charge in [0, 0.05) is 17.1 Å². The lowest BCUT2D eigenvalue weighted by atomic mass is 10.2. The van der Waals surface area contributed by atoms with Crippen molar-refractivity contribution in [1.82, 2.24) is 14.8 Å². The van der Waals surface area contributed by atoms with E-state index in [2.05, 4.69) is 33.0 Å². The second kappa shape index (κ2) is 8.46. The van der Waals surface area contributed by atoms with Gasteiger partial charge in [0.25, 0.3) is 0 Å². The summed E-state index contributed by atoms with van der Waals surface area (Å²) in [5.41, 5.74) is 1.13. The number of nitrogens with one attached hydrogen (secondary N) is 1. The lowest BCUT2D eigenvalue weighted by Crippen LogP contribution is -2.14. The quantitative estimate of drug-likeness (QED) is 0.647. The Morgan fingerprint density at radius 3 is 3.08 bits per heavy atom. The maximum atomic E-state index is 12.1. The zero-order valence-corrected chi connectivity index (χ0v) is 14.9. The highest BCUT2D eigenvalue weighted by Crippen LogP contribution is 2.17. The molecule has 0 aliphatic rings. The first kappa shape index (κ1) is 17.2. The first-order valence-electron chi connectivity index (χ1n) is 7.57. The summed E-state index contributed by atoms with van der Waals surface area (Å²) in [4.78, 5) is 13.4. The van der Waals surface area contributed by atoms with E-state index in [0.29, 0.717) is 11.3 Å². The Morgan fingerprint density at radius 1 is 1.36 bits per heavy atom. The molecule has 0 radical (unpaired) electrons. The van der Waals surface area contributed by atoms with Crippen LogP contribution >= 0.6 is 23.1 Å². The molecule has 8 heteroatoms. The molecule has 0 saturated heterocycles. The molecular weight excluding hydrogens is 354 g/mol. The summed E-state index contributed by atoms with van der Waals surface area (Å²) in [7, 11) is 0. The highest BCUT2D eigenvalue weighted by Gasteiger charge is 2.09. The third kappa shape index (κ3) is 4.92. The highest BCUT2D eigenvalue weighted by molar-refractivity contribution is 7.99. The predicted octanol–water partition coefficient (Wildman–Crippen LogP) is 3.18. The van der Waals surface area contributed by atoms with Gasteiger partial charge in [0.2, 0.25) is 5.91 Å². The van der Waals surface area contributed by atoms with Gasteiger partial charge >= 0.3 is 0 Å². The van der Waals surface area contributed by atoms with E-state index in [1.807, 2.05) is 10.6 Å². The molecule has 0 unspecified atom stereocenters. The number of anilines is 1. The Hall–Kier alpha value is -2.63. The van der Waals surface area contributed by atoms with Crippen molar-refractivity contribution in [1.29, 1.82) is 5.26 Å². The zero-order chi connectivity index (χ0) is 17.5. The number of carbonyl (C=O) groups excluding carboxylic acids is 1. The number of nitrogens with zero attached hydrogens (tertiary/aromatic N) is 4. The van der Waals surface area contributed by atoms with Gasteiger partial charge in [0.05, 0.1) is 17.4 Å². The fraction of sp³-hybridized carbons (Fsp3) is 0.176. The van der Waals surface area contributed by atoms with Crippen molar-refractivity contribution in [3.8, 4) is 6.07 Å². The molecule has 0 aliphatic carbocycles. The van der Waals surface area contributed by atoms with Crippen LogP contribution in [0.25, 0.3) is 0 Å². The number of carbonyl (C=O) groups is 1. The Labute approximate surface area is 153 Å². The highest BCUT2D eigenvalue weighted by atomic mass is 32.2. The van der Waals surface area contributed by atoms with Crippen molar-refractivity contribution in [3.05, 3.63) is 58.5 Å². The number of rotatable bonds is 7. The van der Waals surface area contributed by atoms with E-state index in [1.165, 1.54) is 16.6 Å². The number of thiophene rings is 1. The summed E-state index contributed by atoms with van der Waals surface area (Å²) in [5, 5.41) is 22.5. The lowest BCUT2D eigenvalue weighted by molar-refractivity contribution is -0.113. The predicted molar refractivity (Wildman–Crippen MR) is 98.6 cm³/mol. The molecule has 2 heterocycles. The Balaban J connectivity index is 1.52. The molecule has 2 aromatic heterocycles. The van der Waals surface area contributed by atoms with Gasteiger partial charge in [-0.05, 0) is 36.1 Å². The molecule has 1 amide bonds. The van der Waals surface area contributed by atoms with Gasteiger partial charge in [0.15, 0.2) is 5.16 Å². The van der Waals surface area contributed by atoms with Gasteiger partial charge in [-0.3, -0.25) is 4.79 Å². The molecule has 0 bridgehead atoms. The van der Waals surface area contributed by atoms with Crippen LogP contribution < -0.4 is 5.32 Å². The second-order valence-corrected chi connectivity index (χ2v) is 7.14. The number of amides is 1. The molecule has 0 aliphatic heterocycles. The zero-order valence-electron chi connectivity index (χ0n) is 13.3. The van der Waals surface area contributed by atoms with Crippen molar-refractivity contribution in [2.75, 3.05) is 11.1 Å². The third-order valence-corrected chi connectivity index (χ3v) is 5.28. The normalized spacial score (nSPS) is 10.4. The molecule has 6 nitrogen and oxygen atoms in total. The summed E-state index contributed by atoms with van der Waals surface area (Å²) in [6.45, 7) is 0.779. The van der Waals surface area contributed by atoms with Crippen LogP contribution in [0.5, 0.6) is 0 Å². The third-order valence-electron chi connectivity index (χ3n) is 3.37. The Bertz CT molecular complexity index is 883. The Morgan fingerprint density at radius 2 is 2.28 bits per heavy atom. The molecule has 3 rings (SSSR count). The summed E-state index contributed by atoms with van der Waals surface area (Å²) in [6.07, 6.45) is 2.60. The second-order valence-electron chi connectivity index (χ2n) is 5.17. The monoisotopic (exact) mass is 369 g/mol. The maximum Gasteiger partial charge on any atom is 0.234 e. The van der Waals surface area contributed by atoms with Gasteiger partial charge in [-0.1, -0.05) is 23.9 Å². The van der Waals surface area contributed by atoms with Gasteiger partial charge in [-0.25, -0.2) is 0 Å². The van der Waals surface area contributed by atoms with Crippen molar-refractivity contribution in [3.63, 3.8) is 0 Å². The van der Waals surface area contributed by atoms with Crippen molar-refractivity contribution < 1.29 is 4.79 Å². The average molecular weight is 369 g/mol. The number of nitriles is 1. The molecule has 0 fully saturated rings. The van der Waals surface area contributed by atoms with Crippen LogP contribution in [-0.4, -0.2) is 26.4 Å². The summed E-state index contributed by atoms with van der Waals surface area (Å²) in [5.74, 6) is 0.0852. The SMILES string of the molecule is N#Cc1cccc(NC(=O)CSc2nncn2CCc2cccs2)c1. The average Bonchev–Trinajstić information content (AvgIpc) is 3.30. The summed E-state index contributed by atoms with van der Waals surface area (Å²) >= 11 is 3.07. The molecule has 126 valence electrons. The van der Waals surface area contributed by atoms with E-state index in [0.717, 1.165) is 18.1 Å². The van der Waals surface area contributed by atoms with E-state index in [-0.39, 0.29) is 11.7 Å². The minimum atomic E-state index is -0.145. The molecule has 1 aromatic carbocycles. The minimum Gasteiger partial charge on any atom is -0.325 e. The topological polar surface area (TPSA) is 83.6 Å². The molecule has 1 N–H and O–H groups in total. The van der Waals surface area contributed by atoms with Crippen LogP contribution in [0.4, 0.5) is 5.69 Å². The molecule has 3 aromatic rings. The van der Waals surface area contributed by atoms with Crippen molar-refractivity contribution in [2.45, 2.75) is 18.1 Å². The van der Waals surface area contributed by atoms with E-state index in [1.54, 1.807) is 41.9 Å². The molecule has 0 saturated carbocycles. The lowest BCUT2D eigenvalue weighted by Gasteiger charge is -2.07. The number of hydrogen-bond donors (Lipinski definition) is 1. The molecule has 25 heavy (non-hydrogen) atoms. The van der Waals surface area contributed by atoms with Crippen LogP contribution in [0.1, 0.15) is 10.4 Å². The van der Waals surface area contributed by atoms with Crippen LogP contribution in [0.15, 0.2) is 53.3 Å². The van der Waals surface area contributed by atoms with Crippen LogP contribution in [0.3, 0.4) is 0 Å². The molecule has 0 spiro atoms. The summed E-state index contributed by atoms with van der Waals surface area (Å²) in [6, 6.07) is 13.0. The van der Waals surface area contributed by atoms with Crippen molar-refractivity contribution in [2.24, 2.45) is 0 Å². The number of benzene rings is 1. The smallest absolute Gasteiger partial charge is 0.234 e.